The number of fused-ring (bicyclic) bond motifs is 1. The van der Waals surface area contributed by atoms with Crippen LogP contribution in [0.5, 0.6) is 0 Å². The number of benzene rings is 2. The molecule has 2 aromatic rings. The second-order valence-electron chi connectivity index (χ2n) is 14.8. The van der Waals surface area contributed by atoms with Crippen LogP contribution in [0.1, 0.15) is 62.2 Å². The van der Waals surface area contributed by atoms with Gasteiger partial charge in [-0.2, -0.15) is 0 Å². The molecule has 1 amide bonds. The van der Waals surface area contributed by atoms with Gasteiger partial charge in [-0.05, 0) is 48.6 Å². The van der Waals surface area contributed by atoms with Crippen molar-refractivity contribution < 1.29 is 73.8 Å². The number of nitrogens with one attached hydrogen (secondary N) is 1. The quantitative estimate of drug-likeness (QED) is 0.136. The molecular weight excluding hydrogens is 710 g/mol. The smallest absolute Gasteiger partial charge is 0.332 e. The summed E-state index contributed by atoms with van der Waals surface area (Å²) in [6, 6.07) is 12.9. The van der Waals surface area contributed by atoms with E-state index >= 15 is 0 Å². The van der Waals surface area contributed by atoms with Crippen LogP contribution in [0.2, 0.25) is 0 Å². The van der Waals surface area contributed by atoms with Crippen molar-refractivity contribution in [3.05, 3.63) is 48.0 Å². The van der Waals surface area contributed by atoms with E-state index in [0.29, 0.717) is 5.56 Å². The number of aliphatic hydroxyl groups excluding tert-OH is 6. The van der Waals surface area contributed by atoms with Crippen molar-refractivity contribution in [2.24, 2.45) is 5.92 Å². The van der Waals surface area contributed by atoms with Gasteiger partial charge in [-0.25, -0.2) is 4.79 Å². The molecule has 3 saturated heterocycles. The molecule has 16 heteroatoms. The van der Waals surface area contributed by atoms with Crippen molar-refractivity contribution >= 4 is 22.6 Å². The molecule has 1 unspecified atom stereocenters. The van der Waals surface area contributed by atoms with E-state index in [9.17, 15) is 45.3 Å². The lowest BCUT2D eigenvalue weighted by molar-refractivity contribution is -0.355. The zero-order valence-electron chi connectivity index (χ0n) is 30.2. The molecular formula is C38H53NO15. The molecule has 2 aromatic carbocycles. The minimum atomic E-state index is -1.72. The van der Waals surface area contributed by atoms with E-state index in [0.717, 1.165) is 42.9 Å². The van der Waals surface area contributed by atoms with Crippen LogP contribution in [-0.2, 0) is 33.2 Å². The van der Waals surface area contributed by atoms with Crippen molar-refractivity contribution in [2.45, 2.75) is 138 Å². The van der Waals surface area contributed by atoms with E-state index in [1.54, 1.807) is 12.1 Å². The van der Waals surface area contributed by atoms with E-state index in [4.69, 9.17) is 28.4 Å². The first-order chi connectivity index (χ1) is 25.9. The number of carboxylic acids is 1. The van der Waals surface area contributed by atoms with Gasteiger partial charge in [0.2, 0.25) is 0 Å². The summed E-state index contributed by atoms with van der Waals surface area (Å²) in [5, 5.41) is 79.0. The summed E-state index contributed by atoms with van der Waals surface area (Å²) in [7, 11) is 0. The summed E-state index contributed by atoms with van der Waals surface area (Å²) in [6.45, 7) is 0.766. The van der Waals surface area contributed by atoms with Gasteiger partial charge in [0.05, 0.1) is 18.8 Å². The third-order valence-corrected chi connectivity index (χ3v) is 11.0. The Bertz CT molecular complexity index is 1540. The van der Waals surface area contributed by atoms with Crippen LogP contribution in [0.4, 0.5) is 0 Å². The summed E-state index contributed by atoms with van der Waals surface area (Å²) < 4.78 is 36.0. The van der Waals surface area contributed by atoms with Gasteiger partial charge < -0.3 is 69.5 Å². The zero-order valence-corrected chi connectivity index (χ0v) is 30.2. The minimum absolute atomic E-state index is 0.0874. The van der Waals surface area contributed by atoms with Gasteiger partial charge in [0.1, 0.15) is 54.9 Å². The molecule has 6 rings (SSSR count). The highest BCUT2D eigenvalue weighted by molar-refractivity contribution is 5.98. The molecule has 0 bridgehead atoms. The van der Waals surface area contributed by atoms with Gasteiger partial charge in [0.15, 0.2) is 18.7 Å². The molecule has 8 N–H and O–H groups in total. The standard InChI is InChI=1S/C38H53NO15/c1-19-28(41)30(43)31(44)37(50-19)54-33-24(13-14-49-26(33)17-39-35(46)23-12-11-21-9-5-6-10-22(21)16-23)52-38-32(45)34(29(42)27(18-40)53-38)51-25(36(47)48)15-20-7-3-2-4-8-20/h5-6,9-12,16,19-20,24-34,37-38,40-45H,2-4,7-8,13-15,17-18H2,1H3,(H,39,46)(H,47,48)/t19-,24?,25-,26+,27+,28+,29-,30+,31-,32+,33-,34-,37-,38+/m0/s1. The van der Waals surface area contributed by atoms with Crippen LogP contribution < -0.4 is 5.32 Å². The van der Waals surface area contributed by atoms with Crippen molar-refractivity contribution in [2.75, 3.05) is 19.8 Å². The first-order valence-electron chi connectivity index (χ1n) is 18.8. The van der Waals surface area contributed by atoms with Crippen LogP contribution in [-0.4, -0.2) is 153 Å². The number of amides is 1. The minimum Gasteiger partial charge on any atom is -0.479 e. The molecule has 0 radical (unpaired) electrons. The molecule has 4 fully saturated rings. The Morgan fingerprint density at radius 1 is 0.815 bits per heavy atom. The average molecular weight is 764 g/mol. The first-order valence-corrected chi connectivity index (χ1v) is 18.8. The fourth-order valence-corrected chi connectivity index (χ4v) is 7.86. The number of hydrogen-bond acceptors (Lipinski definition) is 14. The zero-order chi connectivity index (χ0) is 38.5. The van der Waals surface area contributed by atoms with Crippen LogP contribution in [0.15, 0.2) is 42.5 Å². The first kappa shape index (κ1) is 40.8. The van der Waals surface area contributed by atoms with Gasteiger partial charge in [-0.3, -0.25) is 4.79 Å². The Balaban J connectivity index is 1.20. The maximum Gasteiger partial charge on any atom is 0.332 e. The van der Waals surface area contributed by atoms with E-state index in [2.05, 4.69) is 5.32 Å². The van der Waals surface area contributed by atoms with Crippen molar-refractivity contribution in [3.8, 4) is 0 Å². The number of aliphatic carboxylic acids is 1. The molecule has 54 heavy (non-hydrogen) atoms. The second-order valence-corrected chi connectivity index (χ2v) is 14.8. The van der Waals surface area contributed by atoms with Crippen LogP contribution >= 0.6 is 0 Å². The van der Waals surface area contributed by atoms with Gasteiger partial charge in [-0.15, -0.1) is 0 Å². The van der Waals surface area contributed by atoms with Crippen LogP contribution in [0, 0.1) is 5.92 Å². The monoisotopic (exact) mass is 763 g/mol. The van der Waals surface area contributed by atoms with Gasteiger partial charge >= 0.3 is 5.97 Å². The lowest BCUT2D eigenvalue weighted by Gasteiger charge is -2.47. The predicted molar refractivity (Wildman–Crippen MR) is 188 cm³/mol. The van der Waals surface area contributed by atoms with Crippen molar-refractivity contribution in [3.63, 3.8) is 0 Å². The SMILES string of the molecule is C[C@@H]1O[C@@H](O[C@H]2C(O[C@@H]3O[C@H](CO)[C@H](O)[C@H](O[C@@H](CC4CCCCC4)C(=O)O)[C@H]3O)CCO[C@@H]2CNC(=O)c2ccc3ccccc3c2)[C@@H](O)[C@H](O)[C@@H]1O. The Labute approximate surface area is 312 Å². The summed E-state index contributed by atoms with van der Waals surface area (Å²) in [4.78, 5) is 25.6. The molecule has 300 valence electrons. The average Bonchev–Trinajstić information content (AvgIpc) is 3.18. The highest BCUT2D eigenvalue weighted by atomic mass is 16.7. The molecule has 0 aromatic heterocycles. The number of carbonyl (C=O) groups excluding carboxylic acids is 1. The summed E-state index contributed by atoms with van der Waals surface area (Å²) >= 11 is 0. The number of rotatable bonds is 13. The molecule has 16 nitrogen and oxygen atoms in total. The third-order valence-electron chi connectivity index (χ3n) is 11.0. The summed E-state index contributed by atoms with van der Waals surface area (Å²) in [6.07, 6.45) is -14.2. The number of aliphatic hydroxyl groups is 6. The lowest BCUT2D eigenvalue weighted by atomic mass is 9.85. The van der Waals surface area contributed by atoms with Crippen molar-refractivity contribution in [1.82, 2.24) is 5.32 Å². The lowest BCUT2D eigenvalue weighted by Crippen LogP contribution is -2.64. The second kappa shape index (κ2) is 18.4. The predicted octanol–water partition coefficient (Wildman–Crippen LogP) is 0.204. The molecule has 1 aliphatic carbocycles. The molecule has 3 heterocycles. The number of carbonyl (C=O) groups is 2. The number of ether oxygens (including phenoxy) is 6. The largest absolute Gasteiger partial charge is 0.479 e. The fourth-order valence-electron chi connectivity index (χ4n) is 7.86. The molecule has 4 aliphatic rings. The topological polar surface area (TPSA) is 243 Å². The van der Waals surface area contributed by atoms with E-state index in [-0.39, 0.29) is 31.9 Å². The number of carboxylic acid groups (broad SMARTS) is 1. The highest BCUT2D eigenvalue weighted by Gasteiger charge is 2.51. The van der Waals surface area contributed by atoms with Gasteiger partial charge in [0, 0.05) is 18.7 Å². The maximum absolute atomic E-state index is 13.3. The van der Waals surface area contributed by atoms with Gasteiger partial charge in [0.25, 0.3) is 5.91 Å². The Kier molecular flexibility index (Phi) is 13.9. The van der Waals surface area contributed by atoms with E-state index < -0.39 is 104 Å². The van der Waals surface area contributed by atoms with Crippen LogP contribution in [0.3, 0.4) is 0 Å². The number of hydrogen-bond donors (Lipinski definition) is 8. The fraction of sp³-hybridized carbons (Fsp3) is 0.684. The molecule has 14 atom stereocenters. The van der Waals surface area contributed by atoms with E-state index in [1.165, 1.54) is 6.92 Å². The molecule has 1 saturated carbocycles. The molecule has 3 aliphatic heterocycles. The highest BCUT2D eigenvalue weighted by Crippen LogP contribution is 2.34. The summed E-state index contributed by atoms with van der Waals surface area (Å²) in [5.41, 5.74) is 0.397. The third kappa shape index (κ3) is 9.40. The normalized spacial score (nSPS) is 37.1. The maximum atomic E-state index is 13.3. The van der Waals surface area contributed by atoms with Crippen LogP contribution in [0.25, 0.3) is 10.8 Å². The summed E-state index contributed by atoms with van der Waals surface area (Å²) in [5.74, 6) is -1.55. The molecule has 0 spiro atoms. The van der Waals surface area contributed by atoms with E-state index in [1.807, 2.05) is 30.3 Å². The van der Waals surface area contributed by atoms with Crippen molar-refractivity contribution in [1.29, 1.82) is 0 Å². The Morgan fingerprint density at radius 3 is 2.26 bits per heavy atom. The Morgan fingerprint density at radius 2 is 1.54 bits per heavy atom. The van der Waals surface area contributed by atoms with Gasteiger partial charge in [-0.1, -0.05) is 62.4 Å². The Hall–Kier alpha value is -2.84.